The molecular weight excluding hydrogens is 236 g/mol. The van der Waals surface area contributed by atoms with Gasteiger partial charge in [-0.3, -0.25) is 10.1 Å². The third-order valence-corrected chi connectivity index (χ3v) is 4.13. The van der Waals surface area contributed by atoms with Crippen LogP contribution >= 0.6 is 11.3 Å². The van der Waals surface area contributed by atoms with Gasteiger partial charge in [0.15, 0.2) is 0 Å². The third kappa shape index (κ3) is 3.04. The number of aryl methyl sites for hydroxylation is 1. The average Bonchev–Trinajstić information content (AvgIpc) is 3.06. The van der Waals surface area contributed by atoms with Crippen LogP contribution in [-0.2, 0) is 9.53 Å². The van der Waals surface area contributed by atoms with Crippen LogP contribution in [0.1, 0.15) is 36.5 Å². The largest absolute Gasteiger partial charge is 0.468 e. The van der Waals surface area contributed by atoms with Crippen molar-refractivity contribution < 1.29 is 9.53 Å². The predicted molar refractivity (Wildman–Crippen MR) is 66.9 cm³/mol. The third-order valence-electron chi connectivity index (χ3n) is 2.99. The summed E-state index contributed by atoms with van der Waals surface area (Å²) in [6.07, 6.45) is 2.22. The maximum atomic E-state index is 11.7. The number of rotatable bonds is 5. The minimum absolute atomic E-state index is 0.0957. The molecule has 1 aromatic heterocycles. The van der Waals surface area contributed by atoms with Crippen molar-refractivity contribution in [2.45, 2.75) is 38.8 Å². The molecule has 94 valence electrons. The van der Waals surface area contributed by atoms with Gasteiger partial charge in [-0.1, -0.05) is 0 Å². The van der Waals surface area contributed by atoms with Crippen molar-refractivity contribution in [3.63, 3.8) is 0 Å². The first kappa shape index (κ1) is 12.5. The van der Waals surface area contributed by atoms with Gasteiger partial charge < -0.3 is 4.74 Å². The first-order valence-electron chi connectivity index (χ1n) is 5.87. The van der Waals surface area contributed by atoms with E-state index in [-0.39, 0.29) is 18.1 Å². The van der Waals surface area contributed by atoms with Crippen LogP contribution in [0.4, 0.5) is 0 Å². The van der Waals surface area contributed by atoms with Gasteiger partial charge >= 0.3 is 5.97 Å². The molecule has 5 heteroatoms. The molecule has 0 amide bonds. The number of hydrogen-bond acceptors (Lipinski definition) is 5. The fraction of sp³-hybridized carbons (Fsp3) is 0.667. The Morgan fingerprint density at radius 2 is 2.35 bits per heavy atom. The summed E-state index contributed by atoms with van der Waals surface area (Å²) in [6.45, 7) is 4.02. The molecular formula is C12H18N2O2S. The van der Waals surface area contributed by atoms with Gasteiger partial charge in [-0.05, 0) is 32.6 Å². The maximum Gasteiger partial charge on any atom is 0.323 e. The molecule has 17 heavy (non-hydrogen) atoms. The van der Waals surface area contributed by atoms with Crippen LogP contribution in [0.15, 0.2) is 5.38 Å². The van der Waals surface area contributed by atoms with Gasteiger partial charge in [0.2, 0.25) is 0 Å². The lowest BCUT2D eigenvalue weighted by molar-refractivity contribution is -0.144. The number of carbonyl (C=O) groups excluding carboxylic acids is 1. The Bertz CT molecular complexity index is 401. The fourth-order valence-corrected chi connectivity index (χ4v) is 2.68. The second kappa shape index (κ2) is 5.14. The molecule has 1 aliphatic rings. The van der Waals surface area contributed by atoms with Crippen molar-refractivity contribution in [1.29, 1.82) is 0 Å². The van der Waals surface area contributed by atoms with Crippen LogP contribution in [-0.4, -0.2) is 24.1 Å². The highest BCUT2D eigenvalue weighted by Crippen LogP contribution is 2.34. The van der Waals surface area contributed by atoms with Crippen molar-refractivity contribution in [3.8, 4) is 0 Å². The summed E-state index contributed by atoms with van der Waals surface area (Å²) in [4.78, 5) is 16.1. The molecule has 0 spiro atoms. The average molecular weight is 254 g/mol. The Hall–Kier alpha value is -0.940. The fourth-order valence-electron chi connectivity index (χ4n) is 1.86. The number of thiazole rings is 1. The highest BCUT2D eigenvalue weighted by atomic mass is 32.1. The first-order chi connectivity index (χ1) is 8.11. The highest BCUT2D eigenvalue weighted by Gasteiger charge is 2.37. The van der Waals surface area contributed by atoms with E-state index >= 15 is 0 Å². The Labute approximate surface area is 105 Å². The summed E-state index contributed by atoms with van der Waals surface area (Å²) in [5.74, 6) is 0.276. The van der Waals surface area contributed by atoms with Crippen molar-refractivity contribution >= 4 is 17.3 Å². The van der Waals surface area contributed by atoms with Crippen molar-refractivity contribution in [3.05, 3.63) is 16.1 Å². The monoisotopic (exact) mass is 254 g/mol. The van der Waals surface area contributed by atoms with Crippen molar-refractivity contribution in [2.24, 2.45) is 5.92 Å². The molecule has 4 nitrogen and oxygen atoms in total. The molecule has 1 N–H and O–H groups in total. The summed E-state index contributed by atoms with van der Waals surface area (Å²) >= 11 is 1.63. The van der Waals surface area contributed by atoms with Crippen LogP contribution in [0.3, 0.4) is 0 Å². The van der Waals surface area contributed by atoms with E-state index in [1.807, 2.05) is 19.2 Å². The van der Waals surface area contributed by atoms with E-state index in [1.165, 1.54) is 7.11 Å². The zero-order valence-electron chi connectivity index (χ0n) is 10.4. The molecule has 2 atom stereocenters. The Morgan fingerprint density at radius 3 is 2.82 bits per heavy atom. The lowest BCUT2D eigenvalue weighted by Crippen LogP contribution is -2.40. The zero-order valence-corrected chi connectivity index (χ0v) is 11.2. The van der Waals surface area contributed by atoms with E-state index in [0.717, 1.165) is 23.5 Å². The van der Waals surface area contributed by atoms with Gasteiger partial charge in [-0.2, -0.15) is 0 Å². The lowest BCUT2D eigenvalue weighted by Gasteiger charge is -2.19. The van der Waals surface area contributed by atoms with Crippen LogP contribution in [0.2, 0.25) is 0 Å². The van der Waals surface area contributed by atoms with E-state index in [1.54, 1.807) is 11.3 Å². The topological polar surface area (TPSA) is 51.2 Å². The Morgan fingerprint density at radius 1 is 1.65 bits per heavy atom. The molecule has 0 aliphatic heterocycles. The number of ether oxygens (including phenoxy) is 1. The second-order valence-electron chi connectivity index (χ2n) is 4.55. The first-order valence-corrected chi connectivity index (χ1v) is 6.75. The zero-order chi connectivity index (χ0) is 12.4. The van der Waals surface area contributed by atoms with Crippen molar-refractivity contribution in [2.75, 3.05) is 7.11 Å². The minimum Gasteiger partial charge on any atom is -0.468 e. The number of methoxy groups -OCH3 is 1. The second-order valence-corrected chi connectivity index (χ2v) is 5.44. The van der Waals surface area contributed by atoms with Crippen LogP contribution in [0.25, 0.3) is 0 Å². The summed E-state index contributed by atoms with van der Waals surface area (Å²) in [5.41, 5.74) is 1.03. The van der Waals surface area contributed by atoms with Gasteiger partial charge in [0.25, 0.3) is 0 Å². The van der Waals surface area contributed by atoms with Gasteiger partial charge in [0.05, 0.1) is 13.2 Å². The number of nitrogens with one attached hydrogen (secondary N) is 1. The quantitative estimate of drug-likeness (QED) is 0.817. The van der Waals surface area contributed by atoms with Crippen LogP contribution in [0.5, 0.6) is 0 Å². The molecule has 1 aromatic rings. The number of esters is 1. The molecule has 2 unspecified atom stereocenters. The summed E-state index contributed by atoms with van der Waals surface area (Å²) in [5, 5.41) is 6.38. The Balaban J connectivity index is 2.00. The molecule has 1 aliphatic carbocycles. The van der Waals surface area contributed by atoms with E-state index in [4.69, 9.17) is 4.74 Å². The minimum atomic E-state index is -0.181. The number of carbonyl (C=O) groups is 1. The summed E-state index contributed by atoms with van der Waals surface area (Å²) in [6, 6.07) is -0.0855. The maximum absolute atomic E-state index is 11.7. The number of nitrogens with zero attached hydrogens (tertiary/aromatic N) is 1. The molecule has 0 saturated heterocycles. The number of aromatic nitrogens is 1. The molecule has 0 bridgehead atoms. The SMILES string of the molecule is COC(=O)C(NC(C)c1nc(C)cs1)C1CC1. The molecule has 1 heterocycles. The van der Waals surface area contributed by atoms with Gasteiger partial charge in [-0.25, -0.2) is 4.98 Å². The van der Waals surface area contributed by atoms with E-state index in [2.05, 4.69) is 10.3 Å². The van der Waals surface area contributed by atoms with E-state index in [0.29, 0.717) is 5.92 Å². The number of hydrogen-bond donors (Lipinski definition) is 1. The smallest absolute Gasteiger partial charge is 0.323 e. The van der Waals surface area contributed by atoms with Crippen LogP contribution in [0, 0.1) is 12.8 Å². The van der Waals surface area contributed by atoms with Gasteiger partial charge in [0, 0.05) is 11.1 Å². The standard InChI is InChI=1S/C12H18N2O2S/c1-7-6-17-11(13-7)8(2)14-10(9-4-5-9)12(15)16-3/h6,8-10,14H,4-5H2,1-3H3. The van der Waals surface area contributed by atoms with E-state index in [9.17, 15) is 4.79 Å². The van der Waals surface area contributed by atoms with Crippen molar-refractivity contribution in [1.82, 2.24) is 10.3 Å². The molecule has 0 radical (unpaired) electrons. The lowest BCUT2D eigenvalue weighted by atomic mass is 10.1. The normalized spacial score (nSPS) is 18.8. The highest BCUT2D eigenvalue weighted by molar-refractivity contribution is 7.09. The molecule has 1 fully saturated rings. The summed E-state index contributed by atoms with van der Waals surface area (Å²) < 4.78 is 4.84. The van der Waals surface area contributed by atoms with Crippen LogP contribution < -0.4 is 5.32 Å². The Kier molecular flexibility index (Phi) is 3.79. The van der Waals surface area contributed by atoms with Gasteiger partial charge in [-0.15, -0.1) is 11.3 Å². The van der Waals surface area contributed by atoms with Gasteiger partial charge in [0.1, 0.15) is 11.0 Å². The molecule has 0 aromatic carbocycles. The molecule has 1 saturated carbocycles. The summed E-state index contributed by atoms with van der Waals surface area (Å²) in [7, 11) is 1.44. The molecule has 2 rings (SSSR count). The van der Waals surface area contributed by atoms with E-state index < -0.39 is 0 Å². The predicted octanol–water partition coefficient (Wildman–Crippen LogP) is 2.05.